The molecule has 0 aliphatic carbocycles. The highest BCUT2D eigenvalue weighted by molar-refractivity contribution is 5.91. The van der Waals surface area contributed by atoms with Gasteiger partial charge in [-0.3, -0.25) is 9.59 Å². The molecular weight excluding hydrogens is 317 g/mol. The van der Waals surface area contributed by atoms with Crippen LogP contribution >= 0.6 is 0 Å². The Hall–Kier alpha value is -3.10. The van der Waals surface area contributed by atoms with E-state index in [-0.39, 0.29) is 0 Å². The maximum absolute atomic E-state index is 13.4. The van der Waals surface area contributed by atoms with Crippen LogP contribution in [-0.2, 0) is 11.3 Å². The van der Waals surface area contributed by atoms with Crippen molar-refractivity contribution in [2.75, 3.05) is 5.32 Å². The van der Waals surface area contributed by atoms with Gasteiger partial charge in [0, 0.05) is 6.20 Å². The van der Waals surface area contributed by atoms with E-state index in [2.05, 4.69) is 0 Å². The number of nitrogens with zero attached hydrogens (tertiary/aromatic N) is 1. The lowest BCUT2D eigenvalue weighted by Crippen LogP contribution is -2.30. The average molecular weight is 326 g/mol. The molecule has 1 amide bonds. The number of carbonyl (C=O) groups excluding carboxylic acids is 1. The van der Waals surface area contributed by atoms with Crippen LogP contribution in [0.1, 0.15) is 10.4 Å². The number of rotatable bonds is 4. The Kier molecular flexibility index (Phi) is 4.49. The molecule has 1 heterocycles. The molecule has 0 aliphatic rings. The van der Waals surface area contributed by atoms with Crippen LogP contribution < -0.4 is 10.9 Å². The fraction of sp³-hybridized carbons (Fsp3) is 0.0714. The van der Waals surface area contributed by atoms with E-state index >= 15 is 0 Å². The van der Waals surface area contributed by atoms with Gasteiger partial charge in [-0.25, -0.2) is 18.0 Å². The number of carboxylic acid groups (broad SMARTS) is 1. The van der Waals surface area contributed by atoms with Crippen LogP contribution in [0.15, 0.2) is 35.3 Å². The molecule has 6 nitrogen and oxygen atoms in total. The molecule has 0 saturated heterocycles. The monoisotopic (exact) mass is 326 g/mol. The van der Waals surface area contributed by atoms with Gasteiger partial charge in [-0.05, 0) is 24.3 Å². The van der Waals surface area contributed by atoms with Crippen molar-refractivity contribution in [1.29, 1.82) is 0 Å². The highest BCUT2D eigenvalue weighted by Gasteiger charge is 2.16. The van der Waals surface area contributed by atoms with Gasteiger partial charge in [-0.1, -0.05) is 0 Å². The van der Waals surface area contributed by atoms with Crippen molar-refractivity contribution in [3.05, 3.63) is 63.8 Å². The Bertz CT molecular complexity index is 848. The van der Waals surface area contributed by atoms with Crippen LogP contribution in [-0.4, -0.2) is 21.6 Å². The average Bonchev–Trinajstić information content (AvgIpc) is 2.50. The van der Waals surface area contributed by atoms with E-state index < -0.39 is 52.7 Å². The van der Waals surface area contributed by atoms with Crippen LogP contribution in [0.25, 0.3) is 0 Å². The van der Waals surface area contributed by atoms with Crippen molar-refractivity contribution >= 4 is 17.6 Å². The zero-order valence-electron chi connectivity index (χ0n) is 11.3. The third-order valence-corrected chi connectivity index (χ3v) is 2.87. The molecule has 23 heavy (non-hydrogen) atoms. The molecule has 120 valence electrons. The maximum atomic E-state index is 13.4. The Morgan fingerprint density at radius 3 is 2.48 bits per heavy atom. The lowest BCUT2D eigenvalue weighted by atomic mass is 10.2. The number of nitrogens with one attached hydrogen (secondary N) is 1. The number of amides is 1. The van der Waals surface area contributed by atoms with Crippen LogP contribution in [0.4, 0.5) is 18.9 Å². The molecule has 1 aromatic heterocycles. The second-order valence-corrected chi connectivity index (χ2v) is 4.43. The number of pyridine rings is 1. The minimum atomic E-state index is -1.74. The van der Waals surface area contributed by atoms with E-state index in [1.165, 1.54) is 6.07 Å². The van der Waals surface area contributed by atoms with E-state index in [4.69, 9.17) is 5.11 Å². The SMILES string of the molecule is O=C(Cn1cccc(C(=O)O)c1=O)Nc1ccc(F)c(F)c1F. The number of anilines is 1. The molecular formula is C14H9F3N2O4. The fourth-order valence-electron chi connectivity index (χ4n) is 1.79. The normalized spacial score (nSPS) is 10.4. The molecule has 0 atom stereocenters. The van der Waals surface area contributed by atoms with E-state index in [0.717, 1.165) is 22.9 Å². The van der Waals surface area contributed by atoms with Crippen LogP contribution in [0.3, 0.4) is 0 Å². The molecule has 0 bridgehead atoms. The molecule has 2 rings (SSSR count). The first-order valence-corrected chi connectivity index (χ1v) is 6.17. The number of aromatic nitrogens is 1. The number of benzene rings is 1. The topological polar surface area (TPSA) is 88.4 Å². The molecule has 0 aliphatic heterocycles. The zero-order chi connectivity index (χ0) is 17.1. The highest BCUT2D eigenvalue weighted by Crippen LogP contribution is 2.19. The summed E-state index contributed by atoms with van der Waals surface area (Å²) in [5.74, 6) is -7.11. The second-order valence-electron chi connectivity index (χ2n) is 4.43. The molecule has 0 unspecified atom stereocenters. The first-order chi connectivity index (χ1) is 10.8. The Labute approximate surface area is 126 Å². The van der Waals surface area contributed by atoms with Crippen LogP contribution in [0.5, 0.6) is 0 Å². The number of carbonyl (C=O) groups is 2. The van der Waals surface area contributed by atoms with Gasteiger partial charge < -0.3 is 15.0 Å². The van der Waals surface area contributed by atoms with E-state index in [1.54, 1.807) is 0 Å². The highest BCUT2D eigenvalue weighted by atomic mass is 19.2. The predicted octanol–water partition coefficient (Wildman–Crippen LogP) is 1.60. The summed E-state index contributed by atoms with van der Waals surface area (Å²) in [6, 6.07) is 3.76. The summed E-state index contributed by atoms with van der Waals surface area (Å²) in [6.45, 7) is -0.627. The molecule has 0 fully saturated rings. The lowest BCUT2D eigenvalue weighted by Gasteiger charge is -2.09. The van der Waals surface area contributed by atoms with Gasteiger partial charge >= 0.3 is 5.97 Å². The zero-order valence-corrected chi connectivity index (χ0v) is 11.3. The van der Waals surface area contributed by atoms with E-state index in [9.17, 15) is 27.6 Å². The van der Waals surface area contributed by atoms with Crippen LogP contribution in [0, 0.1) is 17.5 Å². The summed E-state index contributed by atoms with van der Waals surface area (Å²) >= 11 is 0. The largest absolute Gasteiger partial charge is 0.477 e. The maximum Gasteiger partial charge on any atom is 0.341 e. The van der Waals surface area contributed by atoms with E-state index in [0.29, 0.717) is 6.07 Å². The lowest BCUT2D eigenvalue weighted by molar-refractivity contribution is -0.116. The van der Waals surface area contributed by atoms with Gasteiger partial charge in [-0.15, -0.1) is 0 Å². The molecule has 0 radical (unpaired) electrons. The Morgan fingerprint density at radius 2 is 1.83 bits per heavy atom. The van der Waals surface area contributed by atoms with Crippen molar-refractivity contribution in [2.45, 2.75) is 6.54 Å². The number of halogens is 3. The van der Waals surface area contributed by atoms with Gasteiger partial charge in [0.2, 0.25) is 5.91 Å². The summed E-state index contributed by atoms with van der Waals surface area (Å²) < 4.78 is 40.1. The molecule has 0 saturated carbocycles. The van der Waals surface area contributed by atoms with Gasteiger partial charge in [0.1, 0.15) is 12.1 Å². The number of hydrogen-bond donors (Lipinski definition) is 2. The van der Waals surface area contributed by atoms with Crippen molar-refractivity contribution in [3.63, 3.8) is 0 Å². The van der Waals surface area contributed by atoms with Gasteiger partial charge in [-0.2, -0.15) is 0 Å². The van der Waals surface area contributed by atoms with Crippen molar-refractivity contribution in [1.82, 2.24) is 4.57 Å². The van der Waals surface area contributed by atoms with Crippen molar-refractivity contribution < 1.29 is 27.9 Å². The third-order valence-electron chi connectivity index (χ3n) is 2.87. The minimum Gasteiger partial charge on any atom is -0.477 e. The summed E-state index contributed by atoms with van der Waals surface area (Å²) in [7, 11) is 0. The molecule has 2 aromatic rings. The number of carboxylic acids is 1. The van der Waals surface area contributed by atoms with Gasteiger partial charge in [0.25, 0.3) is 5.56 Å². The smallest absolute Gasteiger partial charge is 0.341 e. The fourth-order valence-corrected chi connectivity index (χ4v) is 1.79. The third kappa shape index (κ3) is 3.39. The first kappa shape index (κ1) is 16.3. The predicted molar refractivity (Wildman–Crippen MR) is 72.6 cm³/mol. The first-order valence-electron chi connectivity index (χ1n) is 6.17. The standard InChI is InChI=1S/C14H9F3N2O4/c15-8-3-4-9(12(17)11(8)16)18-10(20)6-19-5-1-2-7(13(19)21)14(22)23/h1-5H,6H2,(H,18,20)(H,22,23). The quantitative estimate of drug-likeness (QED) is 0.836. The number of hydrogen-bond acceptors (Lipinski definition) is 3. The van der Waals surface area contributed by atoms with Gasteiger partial charge in [0.15, 0.2) is 17.5 Å². The summed E-state index contributed by atoms with van der Waals surface area (Å²) in [6.07, 6.45) is 1.16. The van der Waals surface area contributed by atoms with Gasteiger partial charge in [0.05, 0.1) is 5.69 Å². The van der Waals surface area contributed by atoms with Crippen molar-refractivity contribution in [2.24, 2.45) is 0 Å². The van der Waals surface area contributed by atoms with Crippen molar-refractivity contribution in [3.8, 4) is 0 Å². The summed E-state index contributed by atoms with van der Waals surface area (Å²) in [4.78, 5) is 34.4. The molecule has 2 N–H and O–H groups in total. The molecule has 9 heteroatoms. The minimum absolute atomic E-state index is 0.542. The second kappa shape index (κ2) is 6.34. The Morgan fingerprint density at radius 1 is 1.13 bits per heavy atom. The summed E-state index contributed by atoms with van der Waals surface area (Å²) in [5.41, 5.74) is -2.07. The number of aromatic carboxylic acids is 1. The summed E-state index contributed by atoms with van der Waals surface area (Å²) in [5, 5.41) is 10.8. The molecule has 0 spiro atoms. The molecule has 1 aromatic carbocycles. The Balaban J connectivity index is 2.21. The van der Waals surface area contributed by atoms with E-state index in [1.807, 2.05) is 5.32 Å². The van der Waals surface area contributed by atoms with Crippen LogP contribution in [0.2, 0.25) is 0 Å².